The summed E-state index contributed by atoms with van der Waals surface area (Å²) in [4.78, 5) is 68.0. The molecule has 0 radical (unpaired) electrons. The van der Waals surface area contributed by atoms with E-state index in [0.717, 1.165) is 71.1 Å². The molecule has 0 aliphatic rings. The fraction of sp³-hybridized carbons (Fsp3) is 0.879. The molecule has 0 heterocycles. The van der Waals surface area contributed by atoms with Gasteiger partial charge in [-0.2, -0.15) is 0 Å². The van der Waals surface area contributed by atoms with Crippen molar-refractivity contribution in [3.8, 4) is 0 Å². The minimum atomic E-state index is -4.88. The van der Waals surface area contributed by atoms with Crippen LogP contribution in [0.25, 0.3) is 0 Å². The lowest BCUT2D eigenvalue weighted by molar-refractivity contribution is -0.161. The van der Waals surface area contributed by atoms with Crippen molar-refractivity contribution in [1.29, 1.82) is 0 Å². The molecule has 0 saturated heterocycles. The number of phosphoric acid groups is 2. The number of rotatable bonds is 34. The number of carbonyl (C=O) groups excluding carboxylic acids is 4. The van der Waals surface area contributed by atoms with Crippen molar-refractivity contribution in [2.24, 2.45) is 0 Å². The summed E-state index contributed by atoms with van der Waals surface area (Å²) in [5.74, 6) is -2.42. The second kappa shape index (κ2) is 30.4. The molecule has 306 valence electrons. The largest absolute Gasteiger partial charge is 0.472 e. The van der Waals surface area contributed by atoms with Crippen molar-refractivity contribution in [2.75, 3.05) is 39.6 Å². The van der Waals surface area contributed by atoms with Crippen LogP contribution in [0.2, 0.25) is 0 Å². The molecule has 0 aromatic carbocycles. The summed E-state index contributed by atoms with van der Waals surface area (Å²) in [7, 11) is -9.74. The Morgan fingerprint density at radius 3 is 1.27 bits per heavy atom. The van der Waals surface area contributed by atoms with Crippen LogP contribution in [0.1, 0.15) is 130 Å². The Morgan fingerprint density at radius 2 is 0.846 bits per heavy atom. The van der Waals surface area contributed by atoms with Gasteiger partial charge in [0.15, 0.2) is 12.2 Å². The summed E-state index contributed by atoms with van der Waals surface area (Å²) < 4.78 is 64.5. The Morgan fingerprint density at radius 1 is 0.500 bits per heavy atom. The van der Waals surface area contributed by atoms with E-state index >= 15 is 0 Å². The molecular formula is C33H62O17P2. The van der Waals surface area contributed by atoms with Gasteiger partial charge >= 0.3 is 39.5 Å². The molecule has 0 aromatic heterocycles. The summed E-state index contributed by atoms with van der Waals surface area (Å²) in [5, 5.41) is 10.1. The van der Waals surface area contributed by atoms with Crippen LogP contribution in [0, 0.1) is 0 Å². The van der Waals surface area contributed by atoms with Gasteiger partial charge in [-0.1, -0.05) is 85.0 Å². The third-order valence-corrected chi connectivity index (χ3v) is 9.05. The van der Waals surface area contributed by atoms with Gasteiger partial charge in [-0.15, -0.1) is 0 Å². The smallest absolute Gasteiger partial charge is 0.462 e. The van der Waals surface area contributed by atoms with E-state index in [9.17, 15) is 43.2 Å². The van der Waals surface area contributed by atoms with Crippen LogP contribution in [0.3, 0.4) is 0 Å². The van der Waals surface area contributed by atoms with E-state index in [4.69, 9.17) is 37.0 Å². The minimum Gasteiger partial charge on any atom is -0.462 e. The molecule has 17 nitrogen and oxygen atoms in total. The molecule has 0 rings (SSSR count). The zero-order valence-electron chi connectivity index (χ0n) is 31.2. The van der Waals surface area contributed by atoms with Gasteiger partial charge in [0.2, 0.25) is 0 Å². The average molecular weight is 793 g/mol. The van der Waals surface area contributed by atoms with Crippen molar-refractivity contribution in [2.45, 2.75) is 149 Å². The number of carbonyl (C=O) groups is 4. The first-order valence-corrected chi connectivity index (χ1v) is 21.2. The highest BCUT2D eigenvalue weighted by molar-refractivity contribution is 7.47. The molecule has 0 aromatic rings. The van der Waals surface area contributed by atoms with Gasteiger partial charge in [0.25, 0.3) is 0 Å². The van der Waals surface area contributed by atoms with Crippen molar-refractivity contribution in [3.63, 3.8) is 0 Å². The quantitative estimate of drug-likeness (QED) is 0.0300. The SMILES string of the molecule is CCCCCCCC(=O)OC[C@H](COP(=O)(O)OC[C@H](O)COP(=O)(O)OC[C@@H](COC(=O)CCCCC)OC(C)=O)OC(=O)CCCCCCC. The van der Waals surface area contributed by atoms with Gasteiger partial charge in [-0.3, -0.25) is 37.3 Å². The molecule has 5 atom stereocenters. The maximum atomic E-state index is 12.5. The molecule has 0 amide bonds. The van der Waals surface area contributed by atoms with Gasteiger partial charge in [0, 0.05) is 26.2 Å². The first-order chi connectivity index (χ1) is 24.6. The van der Waals surface area contributed by atoms with Gasteiger partial charge in [-0.25, -0.2) is 9.13 Å². The summed E-state index contributed by atoms with van der Waals surface area (Å²) in [6.07, 6.45) is 7.63. The molecule has 0 aliphatic heterocycles. The number of phosphoric ester groups is 2. The van der Waals surface area contributed by atoms with Gasteiger partial charge in [0.1, 0.15) is 19.3 Å². The Hall–Kier alpha value is -1.94. The van der Waals surface area contributed by atoms with Crippen LogP contribution >= 0.6 is 15.6 Å². The maximum Gasteiger partial charge on any atom is 0.472 e. The molecule has 0 bridgehead atoms. The van der Waals surface area contributed by atoms with Crippen molar-refractivity contribution >= 4 is 39.5 Å². The second-order valence-electron chi connectivity index (χ2n) is 12.3. The topological polar surface area (TPSA) is 237 Å². The maximum absolute atomic E-state index is 12.5. The molecule has 0 saturated carbocycles. The fourth-order valence-electron chi connectivity index (χ4n) is 4.33. The number of unbranched alkanes of at least 4 members (excludes halogenated alkanes) is 10. The van der Waals surface area contributed by atoms with Crippen LogP contribution < -0.4 is 0 Å². The van der Waals surface area contributed by atoms with E-state index < -0.39 is 97.5 Å². The van der Waals surface area contributed by atoms with E-state index in [-0.39, 0.29) is 19.3 Å². The number of esters is 4. The Kier molecular flexibility index (Phi) is 29.3. The number of ether oxygens (including phenoxy) is 4. The van der Waals surface area contributed by atoms with Crippen molar-refractivity contribution < 1.29 is 80.2 Å². The van der Waals surface area contributed by atoms with Gasteiger partial charge < -0.3 is 33.8 Å². The lowest BCUT2D eigenvalue weighted by Crippen LogP contribution is -2.30. The highest BCUT2D eigenvalue weighted by Gasteiger charge is 2.30. The number of hydrogen-bond donors (Lipinski definition) is 3. The third-order valence-electron chi connectivity index (χ3n) is 7.15. The monoisotopic (exact) mass is 792 g/mol. The van der Waals surface area contributed by atoms with Crippen LogP contribution in [0.4, 0.5) is 0 Å². The highest BCUT2D eigenvalue weighted by Crippen LogP contribution is 2.45. The molecule has 0 aliphatic carbocycles. The Balaban J connectivity index is 4.91. The molecule has 52 heavy (non-hydrogen) atoms. The number of aliphatic hydroxyl groups excluding tert-OH is 1. The van der Waals surface area contributed by atoms with E-state index in [2.05, 4.69) is 13.8 Å². The zero-order valence-corrected chi connectivity index (χ0v) is 33.0. The van der Waals surface area contributed by atoms with Crippen molar-refractivity contribution in [3.05, 3.63) is 0 Å². The normalized spacial score (nSPS) is 15.4. The predicted octanol–water partition coefficient (Wildman–Crippen LogP) is 5.85. The standard InChI is InChI=1S/C33H62O17P2/c1-5-8-11-13-16-19-32(37)44-24-30(50-33(38)20-17-14-12-9-6-2)26-48-52(41,42)46-22-28(35)21-45-51(39,40)47-25-29(49-27(4)34)23-43-31(36)18-15-10-7-3/h28-30,35H,5-26H2,1-4H3,(H,39,40)(H,41,42)/t28-,29-,30-/m1/s1. The molecule has 19 heteroatoms. The van der Waals surface area contributed by atoms with E-state index in [1.807, 2.05) is 6.92 Å². The molecule has 0 spiro atoms. The molecule has 0 fully saturated rings. The van der Waals surface area contributed by atoms with Crippen LogP contribution in [-0.2, 0) is 65.4 Å². The summed E-state index contributed by atoms with van der Waals surface area (Å²) in [5.41, 5.74) is 0. The lowest BCUT2D eigenvalue weighted by Gasteiger charge is -2.21. The van der Waals surface area contributed by atoms with Gasteiger partial charge in [-0.05, 0) is 19.3 Å². The Labute approximate surface area is 307 Å². The molecule has 2 unspecified atom stereocenters. The van der Waals surface area contributed by atoms with E-state index in [1.54, 1.807) is 0 Å². The zero-order chi connectivity index (χ0) is 39.3. The summed E-state index contributed by atoms with van der Waals surface area (Å²) in [6.45, 7) is 3.18. The fourth-order valence-corrected chi connectivity index (χ4v) is 5.91. The first kappa shape index (κ1) is 50.1. The number of hydrogen-bond acceptors (Lipinski definition) is 15. The van der Waals surface area contributed by atoms with E-state index in [0.29, 0.717) is 19.3 Å². The Bertz CT molecular complexity index is 1090. The van der Waals surface area contributed by atoms with Crippen molar-refractivity contribution in [1.82, 2.24) is 0 Å². The van der Waals surface area contributed by atoms with Crippen LogP contribution in [-0.4, -0.2) is 96.7 Å². The summed E-state index contributed by atoms with van der Waals surface area (Å²) >= 11 is 0. The molecule has 3 N–H and O–H groups in total. The first-order valence-electron chi connectivity index (χ1n) is 18.2. The predicted molar refractivity (Wildman–Crippen MR) is 188 cm³/mol. The van der Waals surface area contributed by atoms with Gasteiger partial charge in [0.05, 0.1) is 26.4 Å². The second-order valence-corrected chi connectivity index (χ2v) is 15.2. The van der Waals surface area contributed by atoms with Crippen LogP contribution in [0.5, 0.6) is 0 Å². The summed E-state index contributed by atoms with van der Waals surface area (Å²) in [6, 6.07) is 0. The third kappa shape index (κ3) is 30.5. The highest BCUT2D eigenvalue weighted by atomic mass is 31.2. The molecular weight excluding hydrogens is 730 g/mol. The van der Waals surface area contributed by atoms with E-state index in [1.165, 1.54) is 0 Å². The average Bonchev–Trinajstić information content (AvgIpc) is 3.08. The number of aliphatic hydroxyl groups is 1. The van der Waals surface area contributed by atoms with Crippen LogP contribution in [0.15, 0.2) is 0 Å². The minimum absolute atomic E-state index is 0.0977. The lowest BCUT2D eigenvalue weighted by atomic mass is 10.1.